The van der Waals surface area contributed by atoms with Gasteiger partial charge in [0.15, 0.2) is 0 Å². The first-order valence-corrected chi connectivity index (χ1v) is 10.0. The summed E-state index contributed by atoms with van der Waals surface area (Å²) in [4.78, 5) is 27.4. The highest BCUT2D eigenvalue weighted by Crippen LogP contribution is 2.32. The van der Waals surface area contributed by atoms with Crippen molar-refractivity contribution in [2.24, 2.45) is 0 Å². The van der Waals surface area contributed by atoms with Gasteiger partial charge >= 0.3 is 12.3 Å². The first kappa shape index (κ1) is 22.8. The average molecular weight is 466 g/mol. The topological polar surface area (TPSA) is 88.5 Å². The van der Waals surface area contributed by atoms with Crippen LogP contribution in [0.5, 0.6) is 5.88 Å². The number of nitrogens with zero attached hydrogens (tertiary/aromatic N) is 1. The molecule has 0 atom stereocenters. The molecule has 0 aliphatic carbocycles. The van der Waals surface area contributed by atoms with Crippen LogP contribution in [-0.4, -0.2) is 22.2 Å². The van der Waals surface area contributed by atoms with Gasteiger partial charge in [-0.05, 0) is 65.4 Å². The number of rotatable bonds is 4. The molecule has 172 valence electrons. The van der Waals surface area contributed by atoms with Gasteiger partial charge < -0.3 is 15.2 Å². The van der Waals surface area contributed by atoms with Crippen molar-refractivity contribution >= 4 is 28.5 Å². The lowest BCUT2D eigenvalue weighted by Crippen LogP contribution is -2.13. The molecular formula is C25H17F3N2O4. The number of nitrogens with one attached hydrogen (secondary N) is 1. The third-order valence-corrected chi connectivity index (χ3v) is 5.15. The van der Waals surface area contributed by atoms with E-state index in [0.717, 1.165) is 34.2 Å². The number of anilines is 1. The summed E-state index contributed by atoms with van der Waals surface area (Å²) in [6.07, 6.45) is -4.49. The lowest BCUT2D eigenvalue weighted by Gasteiger charge is -2.12. The normalized spacial score (nSPS) is 11.3. The van der Waals surface area contributed by atoms with Gasteiger partial charge in [-0.25, -0.2) is 9.78 Å². The van der Waals surface area contributed by atoms with Gasteiger partial charge in [-0.1, -0.05) is 24.3 Å². The van der Waals surface area contributed by atoms with Crippen LogP contribution >= 0.6 is 0 Å². The molecule has 6 nitrogen and oxygen atoms in total. The third-order valence-electron chi connectivity index (χ3n) is 5.15. The Hall–Kier alpha value is -4.40. The number of pyridine rings is 1. The van der Waals surface area contributed by atoms with Crippen LogP contribution in [0.1, 0.15) is 21.5 Å². The summed E-state index contributed by atoms with van der Waals surface area (Å²) in [5.41, 5.74) is 1.89. The Kier molecular flexibility index (Phi) is 5.93. The van der Waals surface area contributed by atoms with Crippen molar-refractivity contribution in [3.05, 3.63) is 89.6 Å². The van der Waals surface area contributed by atoms with Crippen molar-refractivity contribution in [2.75, 3.05) is 5.32 Å². The summed E-state index contributed by atoms with van der Waals surface area (Å²) in [7, 11) is 0. The monoisotopic (exact) mass is 466 g/mol. The van der Waals surface area contributed by atoms with E-state index in [1.807, 2.05) is 19.1 Å². The fourth-order valence-corrected chi connectivity index (χ4v) is 3.49. The van der Waals surface area contributed by atoms with E-state index >= 15 is 0 Å². The molecule has 0 aliphatic heterocycles. The van der Waals surface area contributed by atoms with Gasteiger partial charge in [0.2, 0.25) is 5.88 Å². The van der Waals surface area contributed by atoms with E-state index in [0.29, 0.717) is 5.39 Å². The highest BCUT2D eigenvalue weighted by Gasteiger charge is 2.30. The molecule has 9 heteroatoms. The van der Waals surface area contributed by atoms with Crippen molar-refractivity contribution < 1.29 is 32.6 Å². The largest absolute Gasteiger partial charge is 0.512 e. The van der Waals surface area contributed by atoms with Gasteiger partial charge in [-0.15, -0.1) is 0 Å². The number of aromatic nitrogens is 1. The summed E-state index contributed by atoms with van der Waals surface area (Å²) in [5.74, 6) is -0.587. The maximum atomic E-state index is 13.0. The summed E-state index contributed by atoms with van der Waals surface area (Å²) < 4.78 is 43.4. The average Bonchev–Trinajstić information content (AvgIpc) is 2.78. The molecule has 0 saturated carbocycles. The minimum Gasteiger partial charge on any atom is -0.449 e. The smallest absolute Gasteiger partial charge is 0.449 e. The molecule has 2 N–H and O–H groups in total. The van der Waals surface area contributed by atoms with E-state index in [1.54, 1.807) is 24.3 Å². The number of carbonyl (C=O) groups excluding carboxylic acids is 1. The molecule has 0 saturated heterocycles. The number of carboxylic acid groups (broad SMARTS) is 1. The lowest BCUT2D eigenvalue weighted by molar-refractivity contribution is -0.137. The molecule has 1 aromatic heterocycles. The Morgan fingerprint density at radius 1 is 0.971 bits per heavy atom. The van der Waals surface area contributed by atoms with Crippen molar-refractivity contribution in [2.45, 2.75) is 13.1 Å². The predicted octanol–water partition coefficient (Wildman–Crippen LogP) is 6.54. The fraction of sp³-hybridized carbons (Fsp3) is 0.0800. The van der Waals surface area contributed by atoms with Crippen LogP contribution in [-0.2, 0) is 6.18 Å². The van der Waals surface area contributed by atoms with Crippen molar-refractivity contribution in [3.8, 4) is 17.0 Å². The molecule has 4 aromatic rings. The Labute approximate surface area is 191 Å². The van der Waals surface area contributed by atoms with E-state index in [2.05, 4.69) is 15.0 Å². The molecule has 0 spiro atoms. The summed E-state index contributed by atoms with van der Waals surface area (Å²) in [5, 5.41) is 12.7. The number of halogens is 3. The fourth-order valence-electron chi connectivity index (χ4n) is 3.49. The summed E-state index contributed by atoms with van der Waals surface area (Å²) in [6, 6.07) is 16.4. The van der Waals surface area contributed by atoms with E-state index in [9.17, 15) is 22.8 Å². The van der Waals surface area contributed by atoms with E-state index in [1.165, 1.54) is 24.4 Å². The zero-order valence-electron chi connectivity index (χ0n) is 17.7. The van der Waals surface area contributed by atoms with Crippen LogP contribution < -0.4 is 10.1 Å². The van der Waals surface area contributed by atoms with Crippen molar-refractivity contribution in [1.82, 2.24) is 4.98 Å². The number of hydrogen-bond donors (Lipinski definition) is 2. The lowest BCUT2D eigenvalue weighted by atomic mass is 9.96. The summed E-state index contributed by atoms with van der Waals surface area (Å²) >= 11 is 0. The van der Waals surface area contributed by atoms with Crippen LogP contribution in [0.15, 0.2) is 72.9 Å². The first-order valence-electron chi connectivity index (χ1n) is 10.0. The zero-order chi connectivity index (χ0) is 24.5. The number of hydrogen-bond acceptors (Lipinski definition) is 4. The second kappa shape index (κ2) is 8.86. The number of amides is 1. The maximum absolute atomic E-state index is 13.0. The van der Waals surface area contributed by atoms with Crippen LogP contribution in [0.25, 0.3) is 21.9 Å². The second-order valence-electron chi connectivity index (χ2n) is 7.51. The Morgan fingerprint density at radius 3 is 2.50 bits per heavy atom. The number of ether oxygens (including phenoxy) is 1. The number of benzene rings is 3. The SMILES string of the molecule is Cc1ccc(C(=O)Nc2cccc(C(F)(F)F)c2)cc1-c1ccc2cc(OC(=O)O)ncc2c1. The molecule has 4 rings (SSSR count). The molecule has 0 fully saturated rings. The van der Waals surface area contributed by atoms with Crippen molar-refractivity contribution in [3.63, 3.8) is 0 Å². The zero-order valence-corrected chi connectivity index (χ0v) is 17.7. The molecular weight excluding hydrogens is 449 g/mol. The highest BCUT2D eigenvalue weighted by atomic mass is 19.4. The van der Waals surface area contributed by atoms with Gasteiger partial charge in [0.25, 0.3) is 5.91 Å². The Balaban J connectivity index is 1.62. The molecule has 1 amide bonds. The van der Waals surface area contributed by atoms with Gasteiger partial charge in [0.1, 0.15) is 0 Å². The summed E-state index contributed by atoms with van der Waals surface area (Å²) in [6.45, 7) is 1.87. The number of carbonyl (C=O) groups is 2. The minimum atomic E-state index is -4.51. The Bertz CT molecular complexity index is 1420. The molecule has 0 radical (unpaired) electrons. The first-order chi connectivity index (χ1) is 16.1. The molecule has 1 heterocycles. The van der Waals surface area contributed by atoms with Crippen LogP contribution in [0, 0.1) is 6.92 Å². The van der Waals surface area contributed by atoms with Gasteiger partial charge in [-0.2, -0.15) is 13.2 Å². The second-order valence-corrected chi connectivity index (χ2v) is 7.51. The van der Waals surface area contributed by atoms with Crippen molar-refractivity contribution in [1.29, 1.82) is 0 Å². The molecule has 0 unspecified atom stereocenters. The van der Waals surface area contributed by atoms with Crippen LogP contribution in [0.2, 0.25) is 0 Å². The van der Waals surface area contributed by atoms with Gasteiger partial charge in [-0.3, -0.25) is 4.79 Å². The maximum Gasteiger partial charge on any atom is 0.512 e. The predicted molar refractivity (Wildman–Crippen MR) is 120 cm³/mol. The molecule has 3 aromatic carbocycles. The standard InChI is InChI=1S/C25H17F3N2O4/c1-14-5-6-17(23(31)30-20-4-2-3-19(12-20)25(26,27)28)10-21(14)16-8-7-15-11-22(34-24(32)33)29-13-18(15)9-16/h2-13H,1H3,(H,30,31)(H,32,33). The number of aryl methyl sites for hydroxylation is 1. The number of alkyl halides is 3. The molecule has 0 aliphatic rings. The van der Waals surface area contributed by atoms with E-state index < -0.39 is 23.8 Å². The van der Waals surface area contributed by atoms with E-state index in [4.69, 9.17) is 5.11 Å². The Morgan fingerprint density at radius 2 is 1.76 bits per heavy atom. The number of fused-ring (bicyclic) bond motifs is 1. The van der Waals surface area contributed by atoms with Crippen LogP contribution in [0.3, 0.4) is 0 Å². The van der Waals surface area contributed by atoms with Gasteiger partial charge in [0.05, 0.1) is 5.56 Å². The highest BCUT2D eigenvalue weighted by molar-refractivity contribution is 6.05. The minimum absolute atomic E-state index is 0.0399. The van der Waals surface area contributed by atoms with Gasteiger partial charge in [0, 0.05) is 28.9 Å². The quantitative estimate of drug-likeness (QED) is 0.334. The molecule has 0 bridgehead atoms. The van der Waals surface area contributed by atoms with Crippen LogP contribution in [0.4, 0.5) is 23.7 Å². The third kappa shape index (κ3) is 4.98. The molecule has 34 heavy (non-hydrogen) atoms. The van der Waals surface area contributed by atoms with E-state index in [-0.39, 0.29) is 17.1 Å².